The summed E-state index contributed by atoms with van der Waals surface area (Å²) in [6, 6.07) is 56.6. The normalized spacial score (nSPS) is 11.1. The van der Waals surface area contributed by atoms with Gasteiger partial charge in [0.2, 0.25) is 0 Å². The van der Waals surface area contributed by atoms with E-state index in [2.05, 4.69) is 107 Å². The second-order valence-corrected chi connectivity index (χ2v) is 13.3. The highest BCUT2D eigenvalue weighted by atomic mass is 32.1. The van der Waals surface area contributed by atoms with Crippen LogP contribution in [-0.2, 0) is 0 Å². The zero-order chi connectivity index (χ0) is 34.0. The summed E-state index contributed by atoms with van der Waals surface area (Å²) in [6.45, 7) is 0. The molecule has 5 nitrogen and oxygen atoms in total. The lowest BCUT2D eigenvalue weighted by Crippen LogP contribution is -2.00. The van der Waals surface area contributed by atoms with E-state index >= 15 is 0 Å². The van der Waals surface area contributed by atoms with Crippen molar-refractivity contribution in [3.8, 4) is 78.2 Å². The number of nitrogens with zero attached hydrogens (tertiary/aromatic N) is 5. The van der Waals surface area contributed by atoms with Crippen LogP contribution in [-0.4, -0.2) is 24.9 Å². The average Bonchev–Trinajstić information content (AvgIpc) is 3.66. The molecule has 0 saturated carbocycles. The summed E-state index contributed by atoms with van der Waals surface area (Å²) in [5, 5.41) is 1.27. The van der Waals surface area contributed by atoms with E-state index < -0.39 is 0 Å². The van der Waals surface area contributed by atoms with E-state index in [9.17, 15) is 0 Å². The molecule has 0 saturated heterocycles. The van der Waals surface area contributed by atoms with Crippen LogP contribution in [0.15, 0.2) is 176 Å². The molecule has 0 fully saturated rings. The summed E-state index contributed by atoms with van der Waals surface area (Å²) in [5.74, 6) is 2.57. The van der Waals surface area contributed by atoms with Crippen molar-refractivity contribution in [3.63, 3.8) is 0 Å². The van der Waals surface area contributed by atoms with Crippen molar-refractivity contribution in [1.82, 2.24) is 24.9 Å². The fraction of sp³-hybridized carbons (Fsp3) is 0. The summed E-state index contributed by atoms with van der Waals surface area (Å²) in [6.07, 6.45) is 3.53. The van der Waals surface area contributed by atoms with Gasteiger partial charge in [0.25, 0.3) is 0 Å². The van der Waals surface area contributed by atoms with Gasteiger partial charge >= 0.3 is 0 Å². The van der Waals surface area contributed by atoms with Crippen molar-refractivity contribution >= 4 is 21.4 Å². The van der Waals surface area contributed by atoms with E-state index in [0.717, 1.165) is 44.5 Å². The maximum atomic E-state index is 5.06. The van der Waals surface area contributed by atoms with E-state index in [1.54, 1.807) is 12.4 Å². The minimum Gasteiger partial charge on any atom is -0.237 e. The topological polar surface area (TPSA) is 64.5 Å². The van der Waals surface area contributed by atoms with Crippen LogP contribution in [0.1, 0.15) is 0 Å². The number of thiophene rings is 1. The Morgan fingerprint density at radius 3 is 1.33 bits per heavy atom. The van der Waals surface area contributed by atoms with Crippen molar-refractivity contribution < 1.29 is 0 Å². The Hall–Kier alpha value is -6.63. The van der Waals surface area contributed by atoms with Gasteiger partial charge in [0.1, 0.15) is 0 Å². The van der Waals surface area contributed by atoms with Crippen LogP contribution in [0.25, 0.3) is 88.3 Å². The minimum atomic E-state index is 0.613. The van der Waals surface area contributed by atoms with Crippen LogP contribution in [0.3, 0.4) is 0 Å². The lowest BCUT2D eigenvalue weighted by atomic mass is 9.94. The zero-order valence-corrected chi connectivity index (χ0v) is 28.2. The van der Waals surface area contributed by atoms with Crippen LogP contribution in [0.2, 0.25) is 0 Å². The Morgan fingerprint density at radius 2 is 0.765 bits per heavy atom. The Balaban J connectivity index is 1.18. The number of benzene rings is 6. The monoisotopic (exact) mass is 671 g/mol. The Bertz CT molecular complexity index is 2510. The second-order valence-electron chi connectivity index (χ2n) is 12.2. The summed E-state index contributed by atoms with van der Waals surface area (Å²) in [5.41, 5.74) is 9.25. The first-order chi connectivity index (χ1) is 25.2. The first kappa shape index (κ1) is 30.4. The number of hydrogen-bond donors (Lipinski definition) is 0. The maximum absolute atomic E-state index is 5.06. The zero-order valence-electron chi connectivity index (χ0n) is 27.4. The van der Waals surface area contributed by atoms with Gasteiger partial charge < -0.3 is 0 Å². The highest BCUT2D eigenvalue weighted by molar-refractivity contribution is 7.22. The number of fused-ring (bicyclic) bond motifs is 1. The van der Waals surface area contributed by atoms with Crippen LogP contribution in [0.4, 0.5) is 0 Å². The number of rotatable bonds is 7. The van der Waals surface area contributed by atoms with Gasteiger partial charge in [-0.05, 0) is 69.6 Å². The van der Waals surface area contributed by atoms with Crippen molar-refractivity contribution in [2.45, 2.75) is 0 Å². The minimum absolute atomic E-state index is 0.613. The molecule has 0 aliphatic rings. The van der Waals surface area contributed by atoms with Gasteiger partial charge in [0.15, 0.2) is 23.3 Å². The SMILES string of the molecule is c1ccc(-c2nc(-c3ccccc3)nc(-c3cc(-c4ccc(-c5ncccn5)cc4)cc(-c4ccc(-c5cc6ccccc6s5)cc4)c3)n2)cc1. The summed E-state index contributed by atoms with van der Waals surface area (Å²) >= 11 is 1.82. The molecular weight excluding hydrogens is 643 g/mol. The summed E-state index contributed by atoms with van der Waals surface area (Å²) in [4.78, 5) is 25.2. The molecule has 51 heavy (non-hydrogen) atoms. The molecule has 9 rings (SSSR count). The smallest absolute Gasteiger partial charge is 0.164 e. The lowest BCUT2D eigenvalue weighted by molar-refractivity contribution is 1.07. The lowest BCUT2D eigenvalue weighted by Gasteiger charge is -2.13. The van der Waals surface area contributed by atoms with E-state index in [1.807, 2.05) is 78.1 Å². The second kappa shape index (κ2) is 13.3. The van der Waals surface area contributed by atoms with Crippen LogP contribution >= 0.6 is 11.3 Å². The van der Waals surface area contributed by atoms with Gasteiger partial charge in [0.05, 0.1) is 0 Å². The molecule has 0 unspecified atom stereocenters. The third-order valence-electron chi connectivity index (χ3n) is 8.86. The van der Waals surface area contributed by atoms with Crippen LogP contribution in [0, 0.1) is 0 Å². The standard InChI is InChI=1S/C45H29N5S/c1-3-10-33(11-4-1)43-48-44(34-12-5-2-6-13-34)50-45(49-43)39-27-37(26-38(28-39)31-18-22-35(23-19-31)42-46-24-9-25-47-42)30-16-20-32(21-17-30)41-29-36-14-7-8-15-40(36)51-41/h1-29H. The average molecular weight is 672 g/mol. The molecule has 0 spiro atoms. The van der Waals surface area contributed by atoms with Gasteiger partial charge in [0, 0.05) is 44.2 Å². The molecule has 6 aromatic carbocycles. The molecule has 0 bridgehead atoms. The first-order valence-corrected chi connectivity index (χ1v) is 17.5. The molecule has 0 atom stereocenters. The van der Waals surface area contributed by atoms with E-state index in [0.29, 0.717) is 23.3 Å². The Kier molecular flexibility index (Phi) is 7.97. The van der Waals surface area contributed by atoms with E-state index in [1.165, 1.54) is 20.5 Å². The highest BCUT2D eigenvalue weighted by Gasteiger charge is 2.15. The largest absolute Gasteiger partial charge is 0.237 e. The van der Waals surface area contributed by atoms with Gasteiger partial charge in [-0.2, -0.15) is 0 Å². The Morgan fingerprint density at radius 1 is 0.314 bits per heavy atom. The van der Waals surface area contributed by atoms with Crippen molar-refractivity contribution in [2.24, 2.45) is 0 Å². The fourth-order valence-corrected chi connectivity index (χ4v) is 7.31. The predicted octanol–water partition coefficient (Wildman–Crippen LogP) is 11.5. The molecule has 240 valence electrons. The molecular formula is C45H29N5S. The van der Waals surface area contributed by atoms with Crippen LogP contribution < -0.4 is 0 Å². The molecule has 0 amide bonds. The van der Waals surface area contributed by atoms with E-state index in [4.69, 9.17) is 15.0 Å². The number of aromatic nitrogens is 5. The van der Waals surface area contributed by atoms with Crippen LogP contribution in [0.5, 0.6) is 0 Å². The number of hydrogen-bond acceptors (Lipinski definition) is 6. The quantitative estimate of drug-likeness (QED) is 0.169. The van der Waals surface area contributed by atoms with Gasteiger partial charge in [-0.25, -0.2) is 24.9 Å². The molecule has 0 aliphatic carbocycles. The molecule has 3 heterocycles. The van der Waals surface area contributed by atoms with Crippen molar-refractivity contribution in [3.05, 3.63) is 176 Å². The van der Waals surface area contributed by atoms with Crippen molar-refractivity contribution in [1.29, 1.82) is 0 Å². The maximum Gasteiger partial charge on any atom is 0.164 e. The molecule has 3 aromatic heterocycles. The predicted molar refractivity (Wildman–Crippen MR) is 209 cm³/mol. The third-order valence-corrected chi connectivity index (χ3v) is 10.0. The van der Waals surface area contributed by atoms with Gasteiger partial charge in [-0.3, -0.25) is 0 Å². The first-order valence-electron chi connectivity index (χ1n) is 16.7. The summed E-state index contributed by atoms with van der Waals surface area (Å²) < 4.78 is 1.29. The molecule has 0 aliphatic heterocycles. The van der Waals surface area contributed by atoms with Crippen molar-refractivity contribution in [2.75, 3.05) is 0 Å². The Labute approximate surface area is 299 Å². The molecule has 0 radical (unpaired) electrons. The van der Waals surface area contributed by atoms with E-state index in [-0.39, 0.29) is 0 Å². The third kappa shape index (κ3) is 6.32. The fourth-order valence-electron chi connectivity index (χ4n) is 6.24. The summed E-state index contributed by atoms with van der Waals surface area (Å²) in [7, 11) is 0. The molecule has 9 aromatic rings. The highest BCUT2D eigenvalue weighted by Crippen LogP contribution is 2.37. The molecule has 0 N–H and O–H groups in total. The van der Waals surface area contributed by atoms with Gasteiger partial charge in [-0.1, -0.05) is 127 Å². The van der Waals surface area contributed by atoms with Gasteiger partial charge in [-0.15, -0.1) is 11.3 Å². The molecule has 6 heteroatoms.